The van der Waals surface area contributed by atoms with E-state index in [2.05, 4.69) is 17.9 Å². The Balaban J connectivity index is 1.61. The Labute approximate surface area is 113 Å². The summed E-state index contributed by atoms with van der Waals surface area (Å²) in [5.41, 5.74) is 0. The summed E-state index contributed by atoms with van der Waals surface area (Å²) in [7, 11) is 0. The highest BCUT2D eigenvalue weighted by atomic mass is 32.1. The fraction of sp³-hybridized carbons (Fsp3) is 0.714. The van der Waals surface area contributed by atoms with E-state index < -0.39 is 0 Å². The fourth-order valence-corrected chi connectivity index (χ4v) is 3.13. The summed E-state index contributed by atoms with van der Waals surface area (Å²) in [6, 6.07) is 4.08. The molecule has 1 aromatic heterocycles. The first-order valence-electron chi connectivity index (χ1n) is 6.74. The number of ether oxygens (including phenoxy) is 1. The maximum Gasteiger partial charge on any atom is 0.0900 e. The highest BCUT2D eigenvalue weighted by Crippen LogP contribution is 2.15. The molecule has 2 heterocycles. The minimum Gasteiger partial charge on any atom is -0.389 e. The third-order valence-corrected chi connectivity index (χ3v) is 4.19. The lowest BCUT2D eigenvalue weighted by atomic mass is 10.0. The number of thiophene rings is 1. The van der Waals surface area contributed by atoms with Crippen molar-refractivity contribution >= 4 is 11.3 Å². The summed E-state index contributed by atoms with van der Waals surface area (Å²) >= 11 is 1.69. The van der Waals surface area contributed by atoms with Crippen molar-refractivity contribution in [2.75, 3.05) is 26.2 Å². The van der Waals surface area contributed by atoms with Crippen LogP contribution in [0.1, 0.15) is 24.6 Å². The lowest BCUT2D eigenvalue weighted by molar-refractivity contribution is 0.00447. The second-order valence-electron chi connectivity index (χ2n) is 5.26. The molecule has 18 heavy (non-hydrogen) atoms. The van der Waals surface area contributed by atoms with Gasteiger partial charge in [-0.05, 0) is 36.8 Å². The molecule has 4 heteroatoms. The Hall–Kier alpha value is -0.420. The van der Waals surface area contributed by atoms with Crippen LogP contribution < -0.4 is 0 Å². The topological polar surface area (TPSA) is 32.7 Å². The average molecular weight is 269 g/mol. The fourth-order valence-electron chi connectivity index (χ4n) is 2.49. The first-order valence-corrected chi connectivity index (χ1v) is 7.62. The van der Waals surface area contributed by atoms with Crippen LogP contribution in [0, 0.1) is 5.92 Å². The predicted molar refractivity (Wildman–Crippen MR) is 74.8 cm³/mol. The van der Waals surface area contributed by atoms with E-state index in [1.165, 1.54) is 17.7 Å². The van der Waals surface area contributed by atoms with Crippen molar-refractivity contribution in [2.45, 2.75) is 32.5 Å². The van der Waals surface area contributed by atoms with Crippen LogP contribution >= 0.6 is 11.3 Å². The minimum atomic E-state index is -0.365. The molecule has 1 N–H and O–H groups in total. The van der Waals surface area contributed by atoms with Gasteiger partial charge in [0, 0.05) is 18.0 Å². The number of piperidine rings is 1. The number of nitrogens with zero attached hydrogens (tertiary/aromatic N) is 1. The smallest absolute Gasteiger partial charge is 0.0900 e. The SMILES string of the molecule is C[C@@H]1CCCN(C[C@H](O)COCc2cccs2)C1. The predicted octanol–water partition coefficient (Wildman–Crippen LogP) is 2.36. The van der Waals surface area contributed by atoms with Crippen molar-refractivity contribution in [2.24, 2.45) is 5.92 Å². The van der Waals surface area contributed by atoms with Crippen molar-refractivity contribution < 1.29 is 9.84 Å². The van der Waals surface area contributed by atoms with Crippen molar-refractivity contribution in [3.8, 4) is 0 Å². The second kappa shape index (κ2) is 7.24. The Bertz CT molecular complexity index is 329. The average Bonchev–Trinajstić information content (AvgIpc) is 2.82. The van der Waals surface area contributed by atoms with Crippen molar-refractivity contribution in [3.05, 3.63) is 22.4 Å². The number of aliphatic hydroxyl groups is 1. The van der Waals surface area contributed by atoms with E-state index in [4.69, 9.17) is 4.74 Å². The largest absolute Gasteiger partial charge is 0.389 e. The van der Waals surface area contributed by atoms with Gasteiger partial charge in [0.2, 0.25) is 0 Å². The molecule has 0 aromatic carbocycles. The van der Waals surface area contributed by atoms with Gasteiger partial charge in [-0.3, -0.25) is 0 Å². The van der Waals surface area contributed by atoms with Gasteiger partial charge in [-0.2, -0.15) is 0 Å². The maximum absolute atomic E-state index is 9.95. The third-order valence-electron chi connectivity index (χ3n) is 3.34. The molecular formula is C14H23NO2S. The van der Waals surface area contributed by atoms with Gasteiger partial charge in [0.25, 0.3) is 0 Å². The summed E-state index contributed by atoms with van der Waals surface area (Å²) in [4.78, 5) is 3.57. The Morgan fingerprint density at radius 1 is 1.61 bits per heavy atom. The van der Waals surface area contributed by atoms with Gasteiger partial charge >= 0.3 is 0 Å². The lowest BCUT2D eigenvalue weighted by Crippen LogP contribution is -2.40. The Morgan fingerprint density at radius 3 is 3.22 bits per heavy atom. The zero-order valence-electron chi connectivity index (χ0n) is 11.0. The zero-order chi connectivity index (χ0) is 12.8. The highest BCUT2D eigenvalue weighted by Gasteiger charge is 2.18. The van der Waals surface area contributed by atoms with Gasteiger partial charge in [-0.1, -0.05) is 13.0 Å². The molecule has 0 unspecified atom stereocenters. The van der Waals surface area contributed by atoms with Gasteiger partial charge in [0.1, 0.15) is 0 Å². The molecule has 1 aromatic rings. The Morgan fingerprint density at radius 2 is 2.50 bits per heavy atom. The van der Waals surface area contributed by atoms with Gasteiger partial charge in [0.05, 0.1) is 19.3 Å². The molecule has 1 saturated heterocycles. The maximum atomic E-state index is 9.95. The van der Waals surface area contributed by atoms with Crippen LogP contribution in [0.4, 0.5) is 0 Å². The van der Waals surface area contributed by atoms with E-state index >= 15 is 0 Å². The van der Waals surface area contributed by atoms with Crippen LogP contribution in [0.15, 0.2) is 17.5 Å². The summed E-state index contributed by atoms with van der Waals surface area (Å²) < 4.78 is 5.54. The minimum absolute atomic E-state index is 0.365. The lowest BCUT2D eigenvalue weighted by Gasteiger charge is -2.32. The van der Waals surface area contributed by atoms with Gasteiger partial charge in [0.15, 0.2) is 0 Å². The van der Waals surface area contributed by atoms with E-state index in [0.717, 1.165) is 25.6 Å². The van der Waals surface area contributed by atoms with E-state index in [9.17, 15) is 5.11 Å². The van der Waals surface area contributed by atoms with Crippen LogP contribution in [0.5, 0.6) is 0 Å². The van der Waals surface area contributed by atoms with Gasteiger partial charge < -0.3 is 14.7 Å². The number of likely N-dealkylation sites (tertiary alicyclic amines) is 1. The number of β-amino-alcohol motifs (C(OH)–C–C–N with tert-alkyl or cyclic N) is 1. The quantitative estimate of drug-likeness (QED) is 0.860. The molecule has 0 amide bonds. The van der Waals surface area contributed by atoms with E-state index in [1.807, 2.05) is 11.4 Å². The molecule has 1 fully saturated rings. The van der Waals surface area contributed by atoms with Gasteiger partial charge in [-0.15, -0.1) is 11.3 Å². The summed E-state index contributed by atoms with van der Waals surface area (Å²) in [5, 5.41) is 12.0. The molecule has 0 saturated carbocycles. The molecule has 0 bridgehead atoms. The van der Waals surface area contributed by atoms with Crippen LogP contribution in [-0.4, -0.2) is 42.4 Å². The van der Waals surface area contributed by atoms with Crippen LogP contribution in [0.2, 0.25) is 0 Å². The molecule has 1 aliphatic rings. The van der Waals surface area contributed by atoms with Crippen LogP contribution in [-0.2, 0) is 11.3 Å². The van der Waals surface area contributed by atoms with Crippen molar-refractivity contribution in [3.63, 3.8) is 0 Å². The zero-order valence-corrected chi connectivity index (χ0v) is 11.9. The molecule has 3 nitrogen and oxygen atoms in total. The first-order chi connectivity index (χ1) is 8.74. The summed E-state index contributed by atoms with van der Waals surface area (Å²) in [6.07, 6.45) is 2.21. The van der Waals surface area contributed by atoms with E-state index in [-0.39, 0.29) is 6.10 Å². The number of rotatable bonds is 6. The second-order valence-corrected chi connectivity index (χ2v) is 6.29. The molecular weight excluding hydrogens is 246 g/mol. The molecule has 1 aliphatic heterocycles. The summed E-state index contributed by atoms with van der Waals surface area (Å²) in [6.45, 7) is 6.31. The first kappa shape index (κ1) is 14.0. The van der Waals surface area contributed by atoms with E-state index in [1.54, 1.807) is 11.3 Å². The highest BCUT2D eigenvalue weighted by molar-refractivity contribution is 7.09. The number of hydrogen-bond acceptors (Lipinski definition) is 4. The van der Waals surface area contributed by atoms with Crippen LogP contribution in [0.25, 0.3) is 0 Å². The molecule has 0 spiro atoms. The normalized spacial score (nSPS) is 23.1. The summed E-state index contributed by atoms with van der Waals surface area (Å²) in [5.74, 6) is 0.762. The monoisotopic (exact) mass is 269 g/mol. The van der Waals surface area contributed by atoms with Crippen molar-refractivity contribution in [1.29, 1.82) is 0 Å². The Kier molecular flexibility index (Phi) is 5.63. The molecule has 2 rings (SSSR count). The standard InChI is InChI=1S/C14H23NO2S/c1-12-4-2-6-15(8-12)9-13(16)10-17-11-14-5-3-7-18-14/h3,5,7,12-13,16H,2,4,6,8-11H2,1H3/t12-,13+/m1/s1. The molecule has 0 aliphatic carbocycles. The third kappa shape index (κ3) is 4.69. The van der Waals surface area contributed by atoms with E-state index in [0.29, 0.717) is 13.2 Å². The molecule has 2 atom stereocenters. The molecule has 0 radical (unpaired) electrons. The molecule has 102 valence electrons. The van der Waals surface area contributed by atoms with Crippen molar-refractivity contribution in [1.82, 2.24) is 4.90 Å². The number of aliphatic hydroxyl groups excluding tert-OH is 1. The number of hydrogen-bond donors (Lipinski definition) is 1. The van der Waals surface area contributed by atoms with Crippen LogP contribution in [0.3, 0.4) is 0 Å². The van der Waals surface area contributed by atoms with Gasteiger partial charge in [-0.25, -0.2) is 0 Å².